The SMILES string of the molecule is CC1(c2nc3cccc4c3n2-c2ccc(-c3ccncc3)cc2S4(=O)=O)C=CC=CC1. The zero-order valence-corrected chi connectivity index (χ0v) is 17.7. The highest BCUT2D eigenvalue weighted by Gasteiger charge is 2.38. The van der Waals surface area contributed by atoms with Gasteiger partial charge in [0, 0.05) is 17.8 Å². The zero-order chi connectivity index (χ0) is 21.2. The molecule has 6 rings (SSSR count). The first kappa shape index (κ1) is 18.3. The minimum Gasteiger partial charge on any atom is -0.293 e. The topological polar surface area (TPSA) is 64.8 Å². The van der Waals surface area contributed by atoms with E-state index in [-0.39, 0.29) is 5.41 Å². The van der Waals surface area contributed by atoms with Crippen molar-refractivity contribution in [3.63, 3.8) is 0 Å². The zero-order valence-electron chi connectivity index (χ0n) is 16.9. The molecular weight excluding hydrogens is 406 g/mol. The van der Waals surface area contributed by atoms with Crippen LogP contribution < -0.4 is 0 Å². The molecule has 1 aliphatic heterocycles. The van der Waals surface area contributed by atoms with Crippen molar-refractivity contribution in [3.05, 3.63) is 91.1 Å². The maximum atomic E-state index is 13.7. The first-order chi connectivity index (χ1) is 15.0. The summed E-state index contributed by atoms with van der Waals surface area (Å²) in [6.07, 6.45) is 12.6. The van der Waals surface area contributed by atoms with Crippen molar-refractivity contribution >= 4 is 20.9 Å². The van der Waals surface area contributed by atoms with Gasteiger partial charge in [-0.1, -0.05) is 36.4 Å². The summed E-state index contributed by atoms with van der Waals surface area (Å²) in [5, 5.41) is 0. The lowest BCUT2D eigenvalue weighted by Crippen LogP contribution is -2.26. The molecule has 5 nitrogen and oxygen atoms in total. The monoisotopic (exact) mass is 425 g/mol. The number of aromatic nitrogens is 3. The maximum absolute atomic E-state index is 13.7. The molecule has 152 valence electrons. The van der Waals surface area contributed by atoms with E-state index in [0.717, 1.165) is 23.4 Å². The molecule has 0 amide bonds. The molecule has 1 unspecified atom stereocenters. The fourth-order valence-corrected chi connectivity index (χ4v) is 6.24. The van der Waals surface area contributed by atoms with Gasteiger partial charge in [-0.15, -0.1) is 0 Å². The van der Waals surface area contributed by atoms with Gasteiger partial charge in [0.05, 0.1) is 26.5 Å². The van der Waals surface area contributed by atoms with E-state index in [0.29, 0.717) is 26.5 Å². The third-order valence-corrected chi connectivity index (χ3v) is 8.01. The number of pyridine rings is 1. The Morgan fingerprint density at radius 3 is 2.58 bits per heavy atom. The van der Waals surface area contributed by atoms with E-state index in [1.54, 1.807) is 30.6 Å². The van der Waals surface area contributed by atoms with Crippen molar-refractivity contribution in [2.45, 2.75) is 28.6 Å². The Morgan fingerprint density at radius 2 is 1.81 bits per heavy atom. The van der Waals surface area contributed by atoms with Crippen LogP contribution in [0.4, 0.5) is 0 Å². The summed E-state index contributed by atoms with van der Waals surface area (Å²) in [5.41, 5.74) is 3.45. The molecule has 0 bridgehead atoms. The molecule has 0 radical (unpaired) electrons. The van der Waals surface area contributed by atoms with Gasteiger partial charge in [-0.25, -0.2) is 13.4 Å². The summed E-state index contributed by atoms with van der Waals surface area (Å²) in [6.45, 7) is 2.14. The standard InChI is InChI=1S/C25H19N3O2S/c1-25(12-3-2-4-13-25)24-27-19-6-5-7-21-23(19)28(24)20-9-8-18(16-22(20)31(21,29)30)17-10-14-26-15-11-17/h2-12,14-16H,13H2,1H3. The summed E-state index contributed by atoms with van der Waals surface area (Å²) >= 11 is 0. The number of hydrogen-bond donors (Lipinski definition) is 0. The highest BCUT2D eigenvalue weighted by molar-refractivity contribution is 7.92. The Morgan fingerprint density at radius 1 is 0.968 bits per heavy atom. The number of para-hydroxylation sites is 1. The van der Waals surface area contributed by atoms with E-state index in [1.165, 1.54) is 0 Å². The minimum atomic E-state index is -3.68. The smallest absolute Gasteiger partial charge is 0.210 e. The van der Waals surface area contributed by atoms with Crippen molar-refractivity contribution in [3.8, 4) is 16.8 Å². The number of benzene rings is 2. The van der Waals surface area contributed by atoms with Crippen molar-refractivity contribution in [2.75, 3.05) is 0 Å². The third kappa shape index (κ3) is 2.51. The Balaban J connectivity index is 1.70. The van der Waals surface area contributed by atoms with Crippen LogP contribution in [0.15, 0.2) is 95.0 Å². The Kier molecular flexibility index (Phi) is 3.68. The lowest BCUT2D eigenvalue weighted by atomic mass is 9.82. The van der Waals surface area contributed by atoms with E-state index in [9.17, 15) is 8.42 Å². The molecule has 0 fully saturated rings. The van der Waals surface area contributed by atoms with Crippen LogP contribution in [0.3, 0.4) is 0 Å². The molecule has 1 atom stereocenters. The summed E-state index contributed by atoms with van der Waals surface area (Å²) in [7, 11) is -3.68. The van der Waals surface area contributed by atoms with Gasteiger partial charge in [-0.3, -0.25) is 9.55 Å². The molecule has 2 aromatic carbocycles. The van der Waals surface area contributed by atoms with Crippen molar-refractivity contribution in [2.24, 2.45) is 0 Å². The predicted octanol–water partition coefficient (Wildman–Crippen LogP) is 5.01. The van der Waals surface area contributed by atoms with Crippen molar-refractivity contribution in [1.29, 1.82) is 0 Å². The molecule has 3 heterocycles. The van der Waals surface area contributed by atoms with Crippen LogP contribution in [0.2, 0.25) is 0 Å². The Labute approximate surface area is 180 Å². The molecule has 0 spiro atoms. The maximum Gasteiger partial charge on any atom is 0.210 e. The van der Waals surface area contributed by atoms with Crippen LogP contribution in [0.25, 0.3) is 27.8 Å². The van der Waals surface area contributed by atoms with Crippen molar-refractivity contribution in [1.82, 2.24) is 14.5 Å². The molecule has 31 heavy (non-hydrogen) atoms. The number of allylic oxidation sites excluding steroid dienone is 4. The second-order valence-electron chi connectivity index (χ2n) is 8.23. The van der Waals surface area contributed by atoms with E-state index in [4.69, 9.17) is 4.98 Å². The van der Waals surface area contributed by atoms with Gasteiger partial charge in [-0.05, 0) is 60.9 Å². The average molecular weight is 426 g/mol. The number of sulfone groups is 1. The number of nitrogens with zero attached hydrogens (tertiary/aromatic N) is 3. The highest BCUT2D eigenvalue weighted by atomic mass is 32.2. The second-order valence-corrected chi connectivity index (χ2v) is 10.1. The van der Waals surface area contributed by atoms with Gasteiger partial charge in [0.1, 0.15) is 5.82 Å². The molecule has 0 N–H and O–H groups in total. The molecule has 0 saturated heterocycles. The van der Waals surface area contributed by atoms with Gasteiger partial charge in [-0.2, -0.15) is 0 Å². The molecule has 0 saturated carbocycles. The molecule has 4 aromatic rings. The van der Waals surface area contributed by atoms with Crippen LogP contribution in [0, 0.1) is 0 Å². The first-order valence-electron chi connectivity index (χ1n) is 10.2. The van der Waals surface area contributed by atoms with E-state index in [1.807, 2.05) is 47.1 Å². The third-order valence-electron chi connectivity index (χ3n) is 6.20. The largest absolute Gasteiger partial charge is 0.293 e. The minimum absolute atomic E-state index is 0.306. The molecule has 2 aliphatic rings. The van der Waals surface area contributed by atoms with Crippen LogP contribution in [0.5, 0.6) is 0 Å². The number of fused-ring (bicyclic) bond motifs is 2. The lowest BCUT2D eigenvalue weighted by molar-refractivity contribution is 0.546. The fraction of sp³-hybridized carbons (Fsp3) is 0.120. The quantitative estimate of drug-likeness (QED) is 0.399. The van der Waals surface area contributed by atoms with E-state index < -0.39 is 9.84 Å². The van der Waals surface area contributed by atoms with Gasteiger partial charge >= 0.3 is 0 Å². The normalized spacial score (nSPS) is 20.7. The van der Waals surface area contributed by atoms with Crippen LogP contribution in [-0.2, 0) is 15.3 Å². The van der Waals surface area contributed by atoms with Gasteiger partial charge < -0.3 is 0 Å². The Bertz CT molecular complexity index is 1530. The van der Waals surface area contributed by atoms with Gasteiger partial charge in [0.15, 0.2) is 0 Å². The van der Waals surface area contributed by atoms with Gasteiger partial charge in [0.2, 0.25) is 9.84 Å². The van der Waals surface area contributed by atoms with Crippen LogP contribution in [0.1, 0.15) is 19.2 Å². The summed E-state index contributed by atoms with van der Waals surface area (Å²) in [6, 6.07) is 14.7. The van der Waals surface area contributed by atoms with Crippen LogP contribution >= 0.6 is 0 Å². The fourth-order valence-electron chi connectivity index (χ4n) is 4.58. The number of hydrogen-bond acceptors (Lipinski definition) is 4. The lowest BCUT2D eigenvalue weighted by Gasteiger charge is -2.29. The molecular formula is C25H19N3O2S. The van der Waals surface area contributed by atoms with Crippen LogP contribution in [-0.4, -0.2) is 23.0 Å². The van der Waals surface area contributed by atoms with Crippen molar-refractivity contribution < 1.29 is 8.42 Å². The highest BCUT2D eigenvalue weighted by Crippen LogP contribution is 2.44. The predicted molar refractivity (Wildman–Crippen MR) is 120 cm³/mol. The number of rotatable bonds is 2. The first-order valence-corrected chi connectivity index (χ1v) is 11.6. The average Bonchev–Trinajstić information content (AvgIpc) is 3.20. The Hall–Kier alpha value is -3.51. The molecule has 2 aromatic heterocycles. The second kappa shape index (κ2) is 6.25. The molecule has 1 aliphatic carbocycles. The summed E-state index contributed by atoms with van der Waals surface area (Å²) in [4.78, 5) is 9.61. The van der Waals surface area contributed by atoms with E-state index in [2.05, 4.69) is 24.1 Å². The summed E-state index contributed by atoms with van der Waals surface area (Å²) < 4.78 is 29.3. The van der Waals surface area contributed by atoms with E-state index >= 15 is 0 Å². The molecule has 6 heteroatoms. The van der Waals surface area contributed by atoms with Gasteiger partial charge in [0.25, 0.3) is 0 Å². The number of imidazole rings is 1. The summed E-state index contributed by atoms with van der Waals surface area (Å²) in [5.74, 6) is 0.850.